The fourth-order valence-electron chi connectivity index (χ4n) is 3.10. The largest absolute Gasteiger partial charge is 0.352 e. The summed E-state index contributed by atoms with van der Waals surface area (Å²) in [5.41, 5.74) is 2.42. The Labute approximate surface area is 155 Å². The molecule has 2 heterocycles. The van der Waals surface area contributed by atoms with Gasteiger partial charge < -0.3 is 10.6 Å². The highest BCUT2D eigenvalue weighted by molar-refractivity contribution is 6.02. The molecule has 4 rings (SSSR count). The third kappa shape index (κ3) is 3.44. The Bertz CT molecular complexity index is 983. The molecule has 1 unspecified atom stereocenters. The number of nitrogens with zero attached hydrogens (tertiary/aromatic N) is 2. The number of anilines is 1. The van der Waals surface area contributed by atoms with Crippen molar-refractivity contribution in [1.82, 2.24) is 15.1 Å². The van der Waals surface area contributed by atoms with Crippen LogP contribution in [-0.2, 0) is 16.1 Å². The molecule has 0 saturated heterocycles. The zero-order valence-corrected chi connectivity index (χ0v) is 14.4. The Morgan fingerprint density at radius 2 is 1.89 bits per heavy atom. The van der Waals surface area contributed by atoms with Crippen LogP contribution in [0.4, 0.5) is 10.2 Å². The summed E-state index contributed by atoms with van der Waals surface area (Å²) >= 11 is 0. The van der Waals surface area contributed by atoms with Gasteiger partial charge in [-0.15, -0.1) is 0 Å². The molecule has 27 heavy (non-hydrogen) atoms. The van der Waals surface area contributed by atoms with Crippen LogP contribution in [0.2, 0.25) is 0 Å². The van der Waals surface area contributed by atoms with Crippen molar-refractivity contribution in [2.45, 2.75) is 19.0 Å². The maximum atomic E-state index is 13.1. The molecule has 0 spiro atoms. The number of hydrogen-bond donors (Lipinski definition) is 2. The van der Waals surface area contributed by atoms with E-state index in [1.807, 2.05) is 30.3 Å². The van der Waals surface area contributed by atoms with Gasteiger partial charge in [0.25, 0.3) is 5.91 Å². The predicted octanol–water partition coefficient (Wildman–Crippen LogP) is 2.89. The summed E-state index contributed by atoms with van der Waals surface area (Å²) in [4.78, 5) is 24.6. The van der Waals surface area contributed by atoms with Gasteiger partial charge in [0.15, 0.2) is 0 Å². The summed E-state index contributed by atoms with van der Waals surface area (Å²) in [6, 6.07) is 14.8. The van der Waals surface area contributed by atoms with E-state index in [4.69, 9.17) is 0 Å². The van der Waals surface area contributed by atoms with E-state index in [0.717, 1.165) is 11.1 Å². The molecule has 3 aromatic rings. The average molecular weight is 364 g/mol. The van der Waals surface area contributed by atoms with Gasteiger partial charge in [0.05, 0.1) is 12.6 Å². The van der Waals surface area contributed by atoms with Crippen molar-refractivity contribution < 1.29 is 14.0 Å². The van der Waals surface area contributed by atoms with Crippen LogP contribution in [0.3, 0.4) is 0 Å². The Hall–Kier alpha value is -3.48. The number of rotatable bonds is 5. The summed E-state index contributed by atoms with van der Waals surface area (Å²) in [7, 11) is 0. The molecule has 6 nitrogen and oxygen atoms in total. The summed E-state index contributed by atoms with van der Waals surface area (Å²) in [6.07, 6.45) is 1.60. The first-order valence-corrected chi connectivity index (χ1v) is 8.57. The molecule has 1 aliphatic heterocycles. The Morgan fingerprint density at radius 3 is 2.63 bits per heavy atom. The van der Waals surface area contributed by atoms with Crippen LogP contribution < -0.4 is 10.6 Å². The van der Waals surface area contributed by atoms with Gasteiger partial charge in [-0.3, -0.25) is 9.59 Å². The lowest BCUT2D eigenvalue weighted by Crippen LogP contribution is -2.28. The van der Waals surface area contributed by atoms with Crippen molar-refractivity contribution in [3.63, 3.8) is 0 Å². The Morgan fingerprint density at radius 1 is 1.15 bits per heavy atom. The van der Waals surface area contributed by atoms with E-state index in [-0.39, 0.29) is 24.1 Å². The first-order valence-electron chi connectivity index (χ1n) is 8.57. The second-order valence-corrected chi connectivity index (χ2v) is 6.33. The number of aromatic nitrogens is 2. The number of carbonyl (C=O) groups is 2. The van der Waals surface area contributed by atoms with Crippen LogP contribution in [0.15, 0.2) is 60.8 Å². The monoisotopic (exact) mass is 364 g/mol. The van der Waals surface area contributed by atoms with Gasteiger partial charge in [0.2, 0.25) is 5.91 Å². The van der Waals surface area contributed by atoms with Gasteiger partial charge in [-0.05, 0) is 23.3 Å². The first kappa shape index (κ1) is 17.0. The fourth-order valence-corrected chi connectivity index (χ4v) is 3.10. The highest BCUT2D eigenvalue weighted by atomic mass is 19.1. The summed E-state index contributed by atoms with van der Waals surface area (Å²) in [5, 5.41) is 9.85. The van der Waals surface area contributed by atoms with Crippen LogP contribution in [0, 0.1) is 5.82 Å². The Kier molecular flexibility index (Phi) is 4.42. The third-order valence-electron chi connectivity index (χ3n) is 4.50. The molecular weight excluding hydrogens is 347 g/mol. The molecule has 0 aliphatic carbocycles. The zero-order chi connectivity index (χ0) is 18.8. The van der Waals surface area contributed by atoms with Gasteiger partial charge in [0, 0.05) is 12.1 Å². The fraction of sp³-hybridized carbons (Fsp3) is 0.150. The molecule has 1 atom stereocenters. The molecule has 2 amide bonds. The molecule has 7 heteroatoms. The number of carbonyl (C=O) groups excluding carboxylic acids is 2. The SMILES string of the molecule is O=C(CC1C(=O)Nc2c(-c3ccc(F)cc3)cnn21)NCc1ccccc1. The zero-order valence-electron chi connectivity index (χ0n) is 14.4. The first-order chi connectivity index (χ1) is 13.1. The number of amides is 2. The summed E-state index contributed by atoms with van der Waals surface area (Å²) in [5.74, 6) is -0.325. The van der Waals surface area contributed by atoms with Gasteiger partial charge in [-0.1, -0.05) is 42.5 Å². The highest BCUT2D eigenvalue weighted by Gasteiger charge is 2.34. The van der Waals surface area contributed by atoms with Gasteiger partial charge in [0.1, 0.15) is 17.7 Å². The minimum absolute atomic E-state index is 0.00377. The van der Waals surface area contributed by atoms with Crippen molar-refractivity contribution in [2.24, 2.45) is 0 Å². The van der Waals surface area contributed by atoms with Crippen molar-refractivity contribution >= 4 is 17.6 Å². The van der Waals surface area contributed by atoms with Crippen molar-refractivity contribution in [3.05, 3.63) is 72.2 Å². The lowest BCUT2D eigenvalue weighted by molar-refractivity contribution is -0.126. The summed E-state index contributed by atoms with van der Waals surface area (Å²) in [6.45, 7) is 0.404. The van der Waals surface area contributed by atoms with Crippen molar-refractivity contribution in [3.8, 4) is 11.1 Å². The van der Waals surface area contributed by atoms with E-state index in [0.29, 0.717) is 17.9 Å². The van der Waals surface area contributed by atoms with E-state index in [1.165, 1.54) is 16.8 Å². The number of halogens is 1. The number of benzene rings is 2. The number of hydrogen-bond acceptors (Lipinski definition) is 3. The molecule has 0 bridgehead atoms. The smallest absolute Gasteiger partial charge is 0.251 e. The van der Waals surface area contributed by atoms with Crippen LogP contribution >= 0.6 is 0 Å². The van der Waals surface area contributed by atoms with Gasteiger partial charge in [-0.2, -0.15) is 5.10 Å². The third-order valence-corrected chi connectivity index (χ3v) is 4.50. The predicted molar refractivity (Wildman–Crippen MR) is 98.2 cm³/mol. The van der Waals surface area contributed by atoms with Gasteiger partial charge >= 0.3 is 0 Å². The molecule has 2 N–H and O–H groups in total. The minimum Gasteiger partial charge on any atom is -0.352 e. The lowest BCUT2D eigenvalue weighted by Gasteiger charge is -2.10. The normalized spacial score (nSPS) is 15.3. The van der Waals surface area contributed by atoms with E-state index < -0.39 is 6.04 Å². The maximum absolute atomic E-state index is 13.1. The molecule has 1 aromatic heterocycles. The van der Waals surface area contributed by atoms with Crippen LogP contribution in [0.25, 0.3) is 11.1 Å². The molecular formula is C20H17FN4O2. The molecule has 2 aromatic carbocycles. The second-order valence-electron chi connectivity index (χ2n) is 6.33. The summed E-state index contributed by atoms with van der Waals surface area (Å²) < 4.78 is 14.6. The van der Waals surface area contributed by atoms with Crippen molar-refractivity contribution in [1.29, 1.82) is 0 Å². The number of fused-ring (bicyclic) bond motifs is 1. The van der Waals surface area contributed by atoms with E-state index >= 15 is 0 Å². The van der Waals surface area contributed by atoms with Gasteiger partial charge in [-0.25, -0.2) is 9.07 Å². The average Bonchev–Trinajstić information content (AvgIpc) is 3.21. The standard InChI is InChI=1S/C20H17FN4O2/c21-15-8-6-14(7-9-15)16-12-23-25-17(20(27)24-19(16)25)10-18(26)22-11-13-4-2-1-3-5-13/h1-9,12,17H,10-11H2,(H,22,26)(H,24,27). The second kappa shape index (κ2) is 7.03. The van der Waals surface area contributed by atoms with Crippen LogP contribution in [0.5, 0.6) is 0 Å². The molecule has 136 valence electrons. The highest BCUT2D eigenvalue weighted by Crippen LogP contribution is 2.35. The molecule has 0 fully saturated rings. The molecule has 1 aliphatic rings. The quantitative estimate of drug-likeness (QED) is 0.731. The topological polar surface area (TPSA) is 76.0 Å². The molecule has 0 saturated carbocycles. The van der Waals surface area contributed by atoms with Crippen molar-refractivity contribution in [2.75, 3.05) is 5.32 Å². The maximum Gasteiger partial charge on any atom is 0.251 e. The number of nitrogens with one attached hydrogen (secondary N) is 2. The Balaban J connectivity index is 1.47. The van der Waals surface area contributed by atoms with Crippen LogP contribution in [0.1, 0.15) is 18.0 Å². The minimum atomic E-state index is -0.704. The van der Waals surface area contributed by atoms with Crippen LogP contribution in [-0.4, -0.2) is 21.6 Å². The molecule has 0 radical (unpaired) electrons. The lowest BCUT2D eigenvalue weighted by atomic mass is 10.1. The van der Waals surface area contributed by atoms with E-state index in [1.54, 1.807) is 18.3 Å². The van der Waals surface area contributed by atoms with E-state index in [2.05, 4.69) is 15.7 Å². The van der Waals surface area contributed by atoms with E-state index in [9.17, 15) is 14.0 Å².